The average Bonchev–Trinajstić information content (AvgIpc) is 3.30. The molecular formula is C17H18ClN3O4S2. The lowest BCUT2D eigenvalue weighted by atomic mass is 10.1. The van der Waals surface area contributed by atoms with Gasteiger partial charge in [0, 0.05) is 36.8 Å². The van der Waals surface area contributed by atoms with E-state index < -0.39 is 15.9 Å². The first-order valence-corrected chi connectivity index (χ1v) is 11.0. The number of halogens is 1. The maximum absolute atomic E-state index is 12.3. The van der Waals surface area contributed by atoms with Crippen molar-refractivity contribution in [2.24, 2.45) is 5.92 Å². The van der Waals surface area contributed by atoms with Crippen LogP contribution >= 0.6 is 22.9 Å². The van der Waals surface area contributed by atoms with Crippen LogP contribution in [0.4, 0.5) is 5.69 Å². The summed E-state index contributed by atoms with van der Waals surface area (Å²) in [5.41, 5.74) is 0.698. The third kappa shape index (κ3) is 4.86. The number of rotatable bonds is 7. The van der Waals surface area contributed by atoms with E-state index in [0.717, 1.165) is 11.3 Å². The Morgan fingerprint density at radius 1 is 1.22 bits per heavy atom. The van der Waals surface area contributed by atoms with Gasteiger partial charge in [0.25, 0.3) is 0 Å². The van der Waals surface area contributed by atoms with Crippen LogP contribution in [0.5, 0.6) is 0 Å². The Bertz CT molecular complexity index is 914. The highest BCUT2D eigenvalue weighted by atomic mass is 35.5. The van der Waals surface area contributed by atoms with Crippen molar-refractivity contribution in [3.8, 4) is 0 Å². The van der Waals surface area contributed by atoms with Crippen molar-refractivity contribution in [2.45, 2.75) is 10.6 Å². The van der Waals surface area contributed by atoms with Gasteiger partial charge in [0.1, 0.15) is 4.21 Å². The molecule has 1 aliphatic rings. The third-order valence-electron chi connectivity index (χ3n) is 4.11. The van der Waals surface area contributed by atoms with E-state index in [1.54, 1.807) is 40.6 Å². The standard InChI is InChI=1S/C17H18ClN3O4S2/c18-13-3-5-14(6-4-13)21-11-12(10-15(21)22)17(23)19-7-8-20-27(24,25)16-2-1-9-26-16/h1-6,9,12,20H,7-8,10-11H2,(H,19,23). The van der Waals surface area contributed by atoms with Crippen molar-refractivity contribution in [3.05, 3.63) is 46.8 Å². The molecule has 1 fully saturated rings. The topological polar surface area (TPSA) is 95.6 Å². The average molecular weight is 428 g/mol. The maximum Gasteiger partial charge on any atom is 0.250 e. The first-order chi connectivity index (χ1) is 12.9. The summed E-state index contributed by atoms with van der Waals surface area (Å²) in [5, 5.41) is 4.94. The summed E-state index contributed by atoms with van der Waals surface area (Å²) in [4.78, 5) is 26.0. The number of sulfonamides is 1. The number of nitrogens with zero attached hydrogens (tertiary/aromatic N) is 1. The van der Waals surface area contributed by atoms with Crippen molar-refractivity contribution in [1.29, 1.82) is 0 Å². The quantitative estimate of drug-likeness (QED) is 0.659. The minimum absolute atomic E-state index is 0.0769. The van der Waals surface area contributed by atoms with E-state index in [-0.39, 0.29) is 42.1 Å². The van der Waals surface area contributed by atoms with E-state index in [9.17, 15) is 18.0 Å². The number of amides is 2. The van der Waals surface area contributed by atoms with Crippen LogP contribution in [0.1, 0.15) is 6.42 Å². The summed E-state index contributed by atoms with van der Waals surface area (Å²) >= 11 is 6.98. The highest BCUT2D eigenvalue weighted by Crippen LogP contribution is 2.26. The Labute approximate surface area is 166 Å². The van der Waals surface area contributed by atoms with Gasteiger partial charge in [-0.25, -0.2) is 13.1 Å². The molecule has 1 saturated heterocycles. The summed E-state index contributed by atoms with van der Waals surface area (Å²) in [5.74, 6) is -0.868. The van der Waals surface area contributed by atoms with Gasteiger partial charge >= 0.3 is 0 Å². The minimum Gasteiger partial charge on any atom is -0.354 e. The van der Waals surface area contributed by atoms with Crippen molar-refractivity contribution < 1.29 is 18.0 Å². The van der Waals surface area contributed by atoms with Crippen LogP contribution in [0.25, 0.3) is 0 Å². The fraction of sp³-hybridized carbons (Fsp3) is 0.294. The van der Waals surface area contributed by atoms with Crippen LogP contribution < -0.4 is 14.9 Å². The Hall–Kier alpha value is -1.94. The van der Waals surface area contributed by atoms with Crippen LogP contribution in [0.15, 0.2) is 46.0 Å². The second-order valence-corrected chi connectivity index (χ2v) is 9.38. The summed E-state index contributed by atoms with van der Waals surface area (Å²) in [6, 6.07) is 10.0. The van der Waals surface area contributed by atoms with Gasteiger partial charge in [-0.1, -0.05) is 17.7 Å². The molecule has 144 valence electrons. The number of benzene rings is 1. The summed E-state index contributed by atoms with van der Waals surface area (Å²) in [6.45, 7) is 0.510. The minimum atomic E-state index is -3.55. The summed E-state index contributed by atoms with van der Waals surface area (Å²) in [6.07, 6.45) is 0.120. The molecule has 0 radical (unpaired) electrons. The van der Waals surface area contributed by atoms with E-state index in [2.05, 4.69) is 10.0 Å². The largest absolute Gasteiger partial charge is 0.354 e. The smallest absolute Gasteiger partial charge is 0.250 e. The highest BCUT2D eigenvalue weighted by Gasteiger charge is 2.34. The zero-order valence-corrected chi connectivity index (χ0v) is 16.6. The zero-order valence-electron chi connectivity index (χ0n) is 14.2. The van der Waals surface area contributed by atoms with Crippen molar-refractivity contribution in [1.82, 2.24) is 10.0 Å². The molecule has 2 amide bonds. The monoisotopic (exact) mass is 427 g/mol. The predicted octanol–water partition coefficient (Wildman–Crippen LogP) is 1.85. The van der Waals surface area contributed by atoms with Crippen molar-refractivity contribution in [2.75, 3.05) is 24.5 Å². The van der Waals surface area contributed by atoms with E-state index in [1.807, 2.05) is 0 Å². The maximum atomic E-state index is 12.3. The van der Waals surface area contributed by atoms with Gasteiger partial charge < -0.3 is 10.2 Å². The van der Waals surface area contributed by atoms with E-state index in [4.69, 9.17) is 11.6 Å². The van der Waals surface area contributed by atoms with Crippen LogP contribution in [0, 0.1) is 5.92 Å². The molecule has 27 heavy (non-hydrogen) atoms. The SMILES string of the molecule is O=C(NCCNS(=O)(=O)c1cccs1)C1CC(=O)N(c2ccc(Cl)cc2)C1. The molecule has 3 rings (SSSR count). The molecule has 1 aromatic carbocycles. The molecule has 7 nitrogen and oxygen atoms in total. The number of hydrogen-bond acceptors (Lipinski definition) is 5. The molecule has 2 N–H and O–H groups in total. The molecule has 2 heterocycles. The van der Waals surface area contributed by atoms with Crippen molar-refractivity contribution in [3.63, 3.8) is 0 Å². The number of carbonyl (C=O) groups excluding carboxylic acids is 2. The van der Waals surface area contributed by atoms with Gasteiger partial charge in [-0.2, -0.15) is 0 Å². The van der Waals surface area contributed by atoms with Crippen LogP contribution in [-0.4, -0.2) is 39.9 Å². The van der Waals surface area contributed by atoms with Gasteiger partial charge in [-0.15, -0.1) is 11.3 Å². The first kappa shape index (κ1) is 19.8. The van der Waals surface area contributed by atoms with Gasteiger partial charge in [-0.3, -0.25) is 9.59 Å². The van der Waals surface area contributed by atoms with Gasteiger partial charge in [0.05, 0.1) is 5.92 Å². The molecule has 1 atom stereocenters. The van der Waals surface area contributed by atoms with E-state index >= 15 is 0 Å². The molecule has 0 spiro atoms. The lowest BCUT2D eigenvalue weighted by Crippen LogP contribution is -2.38. The fourth-order valence-electron chi connectivity index (χ4n) is 2.76. The molecule has 10 heteroatoms. The highest BCUT2D eigenvalue weighted by molar-refractivity contribution is 7.91. The molecule has 0 saturated carbocycles. The van der Waals surface area contributed by atoms with Gasteiger partial charge in [0.15, 0.2) is 0 Å². The molecule has 1 aliphatic heterocycles. The first-order valence-electron chi connectivity index (χ1n) is 8.23. The molecule has 1 unspecified atom stereocenters. The normalized spacial score (nSPS) is 17.3. The van der Waals surface area contributed by atoms with E-state index in [1.165, 1.54) is 6.07 Å². The molecule has 0 aliphatic carbocycles. The van der Waals surface area contributed by atoms with Gasteiger partial charge in [0.2, 0.25) is 21.8 Å². The lowest BCUT2D eigenvalue weighted by Gasteiger charge is -2.16. The number of nitrogens with one attached hydrogen (secondary N) is 2. The predicted molar refractivity (Wildman–Crippen MR) is 104 cm³/mol. The molecular weight excluding hydrogens is 410 g/mol. The van der Waals surface area contributed by atoms with Gasteiger partial charge in [-0.05, 0) is 35.7 Å². The fourth-order valence-corrected chi connectivity index (χ4v) is 4.95. The van der Waals surface area contributed by atoms with Crippen LogP contribution in [-0.2, 0) is 19.6 Å². The Morgan fingerprint density at radius 2 is 1.96 bits per heavy atom. The second-order valence-electron chi connectivity index (χ2n) is 6.00. The second kappa shape index (κ2) is 8.39. The number of carbonyl (C=O) groups is 2. The molecule has 0 bridgehead atoms. The number of hydrogen-bond donors (Lipinski definition) is 2. The lowest BCUT2D eigenvalue weighted by molar-refractivity contribution is -0.126. The van der Waals surface area contributed by atoms with Crippen molar-refractivity contribution >= 4 is 50.5 Å². The Morgan fingerprint density at radius 3 is 2.63 bits per heavy atom. The van der Waals surface area contributed by atoms with Crippen LogP contribution in [0.2, 0.25) is 5.02 Å². The summed E-state index contributed by atoms with van der Waals surface area (Å²) in [7, 11) is -3.55. The zero-order chi connectivity index (χ0) is 19.4. The van der Waals surface area contributed by atoms with Crippen LogP contribution in [0.3, 0.4) is 0 Å². The summed E-state index contributed by atoms with van der Waals surface area (Å²) < 4.78 is 26.6. The van der Waals surface area contributed by atoms with E-state index in [0.29, 0.717) is 10.7 Å². The Kier molecular flexibility index (Phi) is 6.15. The number of anilines is 1. The number of thiophene rings is 1. The Balaban J connectivity index is 1.47. The molecule has 1 aromatic heterocycles. The molecule has 2 aromatic rings. The third-order valence-corrected chi connectivity index (χ3v) is 7.22.